The van der Waals surface area contributed by atoms with Gasteiger partial charge in [-0.15, -0.1) is 0 Å². The Hall–Kier alpha value is -0.570. The molecule has 1 atom stereocenters. The summed E-state index contributed by atoms with van der Waals surface area (Å²) in [5, 5.41) is 2.79. The average Bonchev–Trinajstić information content (AvgIpc) is 2.34. The Balaban J connectivity index is 2.32. The highest BCUT2D eigenvalue weighted by atomic mass is 16.2. The zero-order valence-electron chi connectivity index (χ0n) is 10.8. The minimum Gasteiger partial charge on any atom is -0.358 e. The van der Waals surface area contributed by atoms with Gasteiger partial charge in [-0.05, 0) is 32.4 Å². The third-order valence-electron chi connectivity index (χ3n) is 3.46. The molecule has 1 aliphatic heterocycles. The predicted octanol–water partition coefficient (Wildman–Crippen LogP) is 2.17. The van der Waals surface area contributed by atoms with E-state index in [2.05, 4.69) is 17.1 Å². The van der Waals surface area contributed by atoms with Crippen LogP contribution in [0.25, 0.3) is 0 Å². The van der Waals surface area contributed by atoms with E-state index in [1.54, 1.807) is 7.05 Å². The van der Waals surface area contributed by atoms with Gasteiger partial charge in [-0.2, -0.15) is 0 Å². The van der Waals surface area contributed by atoms with Crippen molar-refractivity contribution in [3.8, 4) is 0 Å². The van der Waals surface area contributed by atoms with E-state index in [4.69, 9.17) is 0 Å². The standard InChI is InChI=1S/C13H26N2O/c1-3-4-5-7-10-15-11-8-6-9-12(15)13(16)14-2/h12H,3-11H2,1-2H3,(H,14,16)/t12-/m1/s1. The lowest BCUT2D eigenvalue weighted by Crippen LogP contribution is -2.48. The summed E-state index contributed by atoms with van der Waals surface area (Å²) in [7, 11) is 1.74. The van der Waals surface area contributed by atoms with Crippen molar-refractivity contribution >= 4 is 5.91 Å². The van der Waals surface area contributed by atoms with Crippen LogP contribution >= 0.6 is 0 Å². The number of nitrogens with zero attached hydrogens (tertiary/aromatic N) is 1. The number of carbonyl (C=O) groups is 1. The van der Waals surface area contributed by atoms with Crippen molar-refractivity contribution in [3.63, 3.8) is 0 Å². The van der Waals surface area contributed by atoms with Crippen molar-refractivity contribution in [3.05, 3.63) is 0 Å². The van der Waals surface area contributed by atoms with Crippen LogP contribution in [-0.2, 0) is 4.79 Å². The van der Waals surface area contributed by atoms with E-state index in [1.807, 2.05) is 0 Å². The van der Waals surface area contributed by atoms with E-state index in [0.29, 0.717) is 0 Å². The molecule has 0 saturated carbocycles. The van der Waals surface area contributed by atoms with Gasteiger partial charge in [0.15, 0.2) is 0 Å². The number of nitrogens with one attached hydrogen (secondary N) is 1. The first kappa shape index (κ1) is 13.5. The molecule has 0 aromatic carbocycles. The zero-order valence-corrected chi connectivity index (χ0v) is 10.8. The SMILES string of the molecule is CCCCCCN1CCCC[C@@H]1C(=O)NC. The van der Waals surface area contributed by atoms with Crippen LogP contribution in [-0.4, -0.2) is 37.0 Å². The maximum atomic E-state index is 11.7. The lowest BCUT2D eigenvalue weighted by molar-refractivity contribution is -0.127. The molecule has 0 aromatic heterocycles. The lowest BCUT2D eigenvalue weighted by atomic mass is 10.0. The number of piperidine rings is 1. The summed E-state index contributed by atoms with van der Waals surface area (Å²) in [6.45, 7) is 4.43. The van der Waals surface area contributed by atoms with Gasteiger partial charge in [0, 0.05) is 7.05 Å². The normalized spacial score (nSPS) is 22.0. The fraction of sp³-hybridized carbons (Fsp3) is 0.923. The highest BCUT2D eigenvalue weighted by molar-refractivity contribution is 5.81. The van der Waals surface area contributed by atoms with Gasteiger partial charge in [-0.1, -0.05) is 32.6 Å². The Morgan fingerprint density at radius 3 is 2.81 bits per heavy atom. The quantitative estimate of drug-likeness (QED) is 0.704. The topological polar surface area (TPSA) is 32.3 Å². The van der Waals surface area contributed by atoms with Gasteiger partial charge < -0.3 is 5.32 Å². The second kappa shape index (κ2) is 7.66. The minimum absolute atomic E-state index is 0.139. The number of likely N-dealkylation sites (N-methyl/N-ethyl adjacent to an activating group) is 1. The molecule has 0 spiro atoms. The van der Waals surface area contributed by atoms with E-state index in [9.17, 15) is 4.79 Å². The Morgan fingerprint density at radius 1 is 1.31 bits per heavy atom. The number of hydrogen-bond acceptors (Lipinski definition) is 2. The molecule has 1 fully saturated rings. The van der Waals surface area contributed by atoms with Crippen molar-refractivity contribution in [2.24, 2.45) is 0 Å². The fourth-order valence-corrected chi connectivity index (χ4v) is 2.46. The maximum Gasteiger partial charge on any atom is 0.237 e. The average molecular weight is 226 g/mol. The molecule has 0 bridgehead atoms. The first-order valence-corrected chi connectivity index (χ1v) is 6.75. The largest absolute Gasteiger partial charge is 0.358 e. The fourth-order valence-electron chi connectivity index (χ4n) is 2.46. The first-order valence-electron chi connectivity index (χ1n) is 6.75. The van der Waals surface area contributed by atoms with Crippen molar-refractivity contribution in [1.82, 2.24) is 10.2 Å². The van der Waals surface area contributed by atoms with Crippen LogP contribution in [0.1, 0.15) is 51.9 Å². The predicted molar refractivity (Wildman–Crippen MR) is 67.4 cm³/mol. The second-order valence-electron chi connectivity index (χ2n) is 4.72. The van der Waals surface area contributed by atoms with Gasteiger partial charge in [0.2, 0.25) is 5.91 Å². The third-order valence-corrected chi connectivity index (χ3v) is 3.46. The summed E-state index contributed by atoms with van der Waals surface area (Å²) >= 11 is 0. The van der Waals surface area contributed by atoms with Crippen molar-refractivity contribution < 1.29 is 4.79 Å². The number of amides is 1. The van der Waals surface area contributed by atoms with Gasteiger partial charge >= 0.3 is 0 Å². The number of rotatable bonds is 6. The van der Waals surface area contributed by atoms with Crippen LogP contribution in [0.3, 0.4) is 0 Å². The summed E-state index contributed by atoms with van der Waals surface area (Å²) in [4.78, 5) is 14.1. The minimum atomic E-state index is 0.139. The summed E-state index contributed by atoms with van der Waals surface area (Å²) in [6.07, 6.45) is 8.62. The van der Waals surface area contributed by atoms with Crippen LogP contribution in [0.2, 0.25) is 0 Å². The molecule has 1 aliphatic rings. The van der Waals surface area contributed by atoms with Gasteiger partial charge in [-0.3, -0.25) is 9.69 Å². The van der Waals surface area contributed by atoms with Gasteiger partial charge in [0.05, 0.1) is 6.04 Å². The van der Waals surface area contributed by atoms with E-state index >= 15 is 0 Å². The van der Waals surface area contributed by atoms with Crippen molar-refractivity contribution in [2.75, 3.05) is 20.1 Å². The number of hydrogen-bond donors (Lipinski definition) is 1. The van der Waals surface area contributed by atoms with Crippen LogP contribution in [0.5, 0.6) is 0 Å². The van der Waals surface area contributed by atoms with Gasteiger partial charge in [0.1, 0.15) is 0 Å². The zero-order chi connectivity index (χ0) is 11.8. The molecule has 3 heteroatoms. The Kier molecular flexibility index (Phi) is 6.46. The Labute approximate surface area is 99.6 Å². The number of unbranched alkanes of at least 4 members (excludes halogenated alkanes) is 3. The molecule has 1 heterocycles. The van der Waals surface area contributed by atoms with E-state index in [0.717, 1.165) is 19.5 Å². The van der Waals surface area contributed by atoms with Crippen LogP contribution in [0.15, 0.2) is 0 Å². The van der Waals surface area contributed by atoms with Gasteiger partial charge in [0.25, 0.3) is 0 Å². The summed E-state index contributed by atoms with van der Waals surface area (Å²) in [5.41, 5.74) is 0. The maximum absolute atomic E-state index is 11.7. The summed E-state index contributed by atoms with van der Waals surface area (Å²) < 4.78 is 0. The van der Waals surface area contributed by atoms with Crippen LogP contribution in [0.4, 0.5) is 0 Å². The number of carbonyl (C=O) groups excluding carboxylic acids is 1. The molecule has 16 heavy (non-hydrogen) atoms. The number of likely N-dealkylation sites (tertiary alicyclic amines) is 1. The molecule has 1 saturated heterocycles. The molecule has 0 aromatic rings. The highest BCUT2D eigenvalue weighted by Gasteiger charge is 2.26. The van der Waals surface area contributed by atoms with Crippen molar-refractivity contribution in [2.45, 2.75) is 57.9 Å². The monoisotopic (exact) mass is 226 g/mol. The Morgan fingerprint density at radius 2 is 2.12 bits per heavy atom. The highest BCUT2D eigenvalue weighted by Crippen LogP contribution is 2.18. The Bertz CT molecular complexity index is 206. The molecule has 0 radical (unpaired) electrons. The molecule has 0 unspecified atom stereocenters. The molecule has 1 amide bonds. The smallest absolute Gasteiger partial charge is 0.237 e. The molecule has 3 nitrogen and oxygen atoms in total. The molecule has 1 rings (SSSR count). The first-order chi connectivity index (χ1) is 7.79. The van der Waals surface area contributed by atoms with E-state index in [-0.39, 0.29) is 11.9 Å². The molecule has 94 valence electrons. The molecule has 0 aliphatic carbocycles. The second-order valence-corrected chi connectivity index (χ2v) is 4.72. The van der Waals surface area contributed by atoms with Gasteiger partial charge in [-0.25, -0.2) is 0 Å². The molecule has 1 N–H and O–H groups in total. The third kappa shape index (κ3) is 4.12. The lowest BCUT2D eigenvalue weighted by Gasteiger charge is -2.34. The van der Waals surface area contributed by atoms with Crippen molar-refractivity contribution in [1.29, 1.82) is 0 Å². The van der Waals surface area contributed by atoms with Crippen LogP contribution in [0, 0.1) is 0 Å². The summed E-state index contributed by atoms with van der Waals surface area (Å²) in [5.74, 6) is 0.204. The molecular weight excluding hydrogens is 200 g/mol. The molecular formula is C13H26N2O. The van der Waals surface area contributed by atoms with E-state index in [1.165, 1.54) is 38.5 Å². The van der Waals surface area contributed by atoms with E-state index < -0.39 is 0 Å². The van der Waals surface area contributed by atoms with Crippen LogP contribution < -0.4 is 5.32 Å². The summed E-state index contributed by atoms with van der Waals surface area (Å²) in [6, 6.07) is 0.139.